The summed E-state index contributed by atoms with van der Waals surface area (Å²) in [6.07, 6.45) is 0. The molecule has 0 spiro atoms. The minimum atomic E-state index is -0.269. The number of hydrogen-bond donors (Lipinski definition) is 2. The van der Waals surface area contributed by atoms with Crippen LogP contribution < -0.4 is 11.1 Å². The van der Waals surface area contributed by atoms with Gasteiger partial charge in [0.2, 0.25) is 5.91 Å². The van der Waals surface area contributed by atoms with Crippen LogP contribution in [0, 0.1) is 5.92 Å². The highest BCUT2D eigenvalue weighted by Crippen LogP contribution is 2.04. The van der Waals surface area contributed by atoms with Crippen LogP contribution in [0.2, 0.25) is 0 Å². The predicted molar refractivity (Wildman–Crippen MR) is 37.4 cm³/mol. The third-order valence-electron chi connectivity index (χ3n) is 1.51. The third kappa shape index (κ3) is 1.56. The highest BCUT2D eigenvalue weighted by molar-refractivity contribution is 5.85. The van der Waals surface area contributed by atoms with E-state index in [-0.39, 0.29) is 24.4 Å². The van der Waals surface area contributed by atoms with Gasteiger partial charge in [-0.2, -0.15) is 0 Å². The Hall–Kier alpha value is -0.280. The van der Waals surface area contributed by atoms with Crippen LogP contribution in [0.25, 0.3) is 0 Å². The highest BCUT2D eigenvalue weighted by atomic mass is 35.5. The predicted octanol–water partition coefficient (Wildman–Crippen LogP) is -0.499. The SMILES string of the molecule is C[C@H]1CNC(=O)[C@H]1N.Cl. The third-order valence-corrected chi connectivity index (χ3v) is 1.51. The van der Waals surface area contributed by atoms with E-state index in [2.05, 4.69) is 5.32 Å². The molecule has 1 saturated heterocycles. The monoisotopic (exact) mass is 150 g/mol. The number of rotatable bonds is 0. The zero-order valence-corrected chi connectivity index (χ0v) is 6.07. The first kappa shape index (κ1) is 8.72. The van der Waals surface area contributed by atoms with E-state index in [0.29, 0.717) is 5.92 Å². The van der Waals surface area contributed by atoms with Crippen LogP contribution in [-0.2, 0) is 4.79 Å². The quantitative estimate of drug-likeness (QED) is 0.489. The summed E-state index contributed by atoms with van der Waals surface area (Å²) >= 11 is 0. The summed E-state index contributed by atoms with van der Waals surface area (Å²) in [6.45, 7) is 2.70. The van der Waals surface area contributed by atoms with Crippen molar-refractivity contribution in [2.45, 2.75) is 13.0 Å². The second-order valence-electron chi connectivity index (χ2n) is 2.25. The van der Waals surface area contributed by atoms with Gasteiger partial charge in [-0.3, -0.25) is 4.79 Å². The van der Waals surface area contributed by atoms with Gasteiger partial charge in [0, 0.05) is 6.54 Å². The molecule has 54 valence electrons. The van der Waals surface area contributed by atoms with E-state index in [1.165, 1.54) is 0 Å². The summed E-state index contributed by atoms with van der Waals surface area (Å²) in [5, 5.41) is 2.66. The van der Waals surface area contributed by atoms with Crippen LogP contribution in [0.5, 0.6) is 0 Å². The van der Waals surface area contributed by atoms with Crippen molar-refractivity contribution >= 4 is 18.3 Å². The second-order valence-corrected chi connectivity index (χ2v) is 2.25. The van der Waals surface area contributed by atoms with Crippen molar-refractivity contribution in [3.05, 3.63) is 0 Å². The molecule has 0 aliphatic carbocycles. The minimum Gasteiger partial charge on any atom is -0.354 e. The first-order valence-electron chi connectivity index (χ1n) is 2.75. The number of hydrogen-bond acceptors (Lipinski definition) is 2. The number of carbonyl (C=O) groups is 1. The lowest BCUT2D eigenvalue weighted by Gasteiger charge is -2.01. The number of nitrogens with two attached hydrogens (primary N) is 1. The number of halogens is 1. The van der Waals surface area contributed by atoms with E-state index in [1.54, 1.807) is 0 Å². The van der Waals surface area contributed by atoms with Gasteiger partial charge in [-0.1, -0.05) is 6.92 Å². The molecule has 1 aliphatic heterocycles. The summed E-state index contributed by atoms with van der Waals surface area (Å²) in [5.41, 5.74) is 5.41. The van der Waals surface area contributed by atoms with Gasteiger partial charge in [0.05, 0.1) is 6.04 Å². The summed E-state index contributed by atoms with van der Waals surface area (Å²) in [5.74, 6) is 0.292. The van der Waals surface area contributed by atoms with Crippen molar-refractivity contribution in [1.82, 2.24) is 5.32 Å². The summed E-state index contributed by atoms with van der Waals surface area (Å²) in [7, 11) is 0. The molecule has 4 heteroatoms. The van der Waals surface area contributed by atoms with Crippen molar-refractivity contribution < 1.29 is 4.79 Å². The van der Waals surface area contributed by atoms with Crippen LogP contribution in [-0.4, -0.2) is 18.5 Å². The lowest BCUT2D eigenvalue weighted by Crippen LogP contribution is -2.32. The molecule has 0 bridgehead atoms. The lowest BCUT2D eigenvalue weighted by atomic mass is 10.1. The zero-order chi connectivity index (χ0) is 6.15. The molecule has 1 fully saturated rings. The molecule has 0 aromatic rings. The Morgan fingerprint density at radius 1 is 1.78 bits per heavy atom. The van der Waals surface area contributed by atoms with Crippen LogP contribution in [0.1, 0.15) is 6.92 Å². The summed E-state index contributed by atoms with van der Waals surface area (Å²) in [4.78, 5) is 10.5. The normalized spacial score (nSPS) is 33.3. The molecule has 1 aliphatic rings. The van der Waals surface area contributed by atoms with Gasteiger partial charge in [-0.05, 0) is 5.92 Å². The zero-order valence-electron chi connectivity index (χ0n) is 5.26. The van der Waals surface area contributed by atoms with Gasteiger partial charge in [0.15, 0.2) is 0 Å². The van der Waals surface area contributed by atoms with E-state index >= 15 is 0 Å². The van der Waals surface area contributed by atoms with Crippen molar-refractivity contribution in [1.29, 1.82) is 0 Å². The molecule has 0 saturated carbocycles. The average molecular weight is 151 g/mol. The molecule has 0 aromatic carbocycles. The van der Waals surface area contributed by atoms with Crippen LogP contribution in [0.15, 0.2) is 0 Å². The Labute approximate surface area is 60.4 Å². The molecular formula is C5H11ClN2O. The second kappa shape index (κ2) is 3.03. The Kier molecular flexibility index (Phi) is 2.94. The standard InChI is InChI=1S/C5H10N2O.ClH/c1-3-2-7-5(8)4(3)6;/h3-4H,2,6H2,1H3,(H,7,8);1H/t3-,4-;/m0./s1. The van der Waals surface area contributed by atoms with E-state index in [1.807, 2.05) is 6.92 Å². The molecule has 1 heterocycles. The maximum Gasteiger partial charge on any atom is 0.237 e. The Morgan fingerprint density at radius 3 is 2.44 bits per heavy atom. The van der Waals surface area contributed by atoms with Gasteiger partial charge in [-0.25, -0.2) is 0 Å². The number of nitrogens with one attached hydrogen (secondary N) is 1. The highest BCUT2D eigenvalue weighted by Gasteiger charge is 2.26. The number of carbonyl (C=O) groups excluding carboxylic acids is 1. The molecule has 0 radical (unpaired) electrons. The van der Waals surface area contributed by atoms with Crippen molar-refractivity contribution in [3.8, 4) is 0 Å². The van der Waals surface area contributed by atoms with E-state index in [0.717, 1.165) is 6.54 Å². The van der Waals surface area contributed by atoms with Gasteiger partial charge < -0.3 is 11.1 Å². The van der Waals surface area contributed by atoms with Gasteiger partial charge in [0.1, 0.15) is 0 Å². The first-order chi connectivity index (χ1) is 3.72. The molecule has 0 aromatic heterocycles. The Bertz CT molecular complexity index is 118. The fraction of sp³-hybridized carbons (Fsp3) is 0.800. The molecule has 3 nitrogen and oxygen atoms in total. The molecule has 1 rings (SSSR count). The smallest absolute Gasteiger partial charge is 0.237 e. The summed E-state index contributed by atoms with van der Waals surface area (Å²) in [6, 6.07) is -0.269. The van der Waals surface area contributed by atoms with E-state index < -0.39 is 0 Å². The van der Waals surface area contributed by atoms with Crippen molar-refractivity contribution in [2.75, 3.05) is 6.54 Å². The fourth-order valence-corrected chi connectivity index (χ4v) is 0.765. The van der Waals surface area contributed by atoms with Gasteiger partial charge >= 0.3 is 0 Å². The van der Waals surface area contributed by atoms with Crippen LogP contribution >= 0.6 is 12.4 Å². The largest absolute Gasteiger partial charge is 0.354 e. The summed E-state index contributed by atoms with van der Waals surface area (Å²) < 4.78 is 0. The molecule has 3 N–H and O–H groups in total. The topological polar surface area (TPSA) is 55.1 Å². The van der Waals surface area contributed by atoms with Gasteiger partial charge in [-0.15, -0.1) is 12.4 Å². The van der Waals surface area contributed by atoms with E-state index in [4.69, 9.17) is 5.73 Å². The fourth-order valence-electron chi connectivity index (χ4n) is 0.765. The maximum atomic E-state index is 10.5. The van der Waals surface area contributed by atoms with Crippen molar-refractivity contribution in [2.24, 2.45) is 11.7 Å². The minimum absolute atomic E-state index is 0. The first-order valence-corrected chi connectivity index (χ1v) is 2.75. The molecule has 1 amide bonds. The number of amides is 1. The molecule has 2 atom stereocenters. The molecule has 0 unspecified atom stereocenters. The van der Waals surface area contributed by atoms with Crippen LogP contribution in [0.3, 0.4) is 0 Å². The van der Waals surface area contributed by atoms with Crippen molar-refractivity contribution in [3.63, 3.8) is 0 Å². The Morgan fingerprint density at radius 2 is 2.33 bits per heavy atom. The average Bonchev–Trinajstić information content (AvgIpc) is 1.98. The van der Waals surface area contributed by atoms with E-state index in [9.17, 15) is 4.79 Å². The maximum absolute atomic E-state index is 10.5. The lowest BCUT2D eigenvalue weighted by molar-refractivity contribution is -0.120. The van der Waals surface area contributed by atoms with Gasteiger partial charge in [0.25, 0.3) is 0 Å². The van der Waals surface area contributed by atoms with Crippen LogP contribution in [0.4, 0.5) is 0 Å². The Balaban J connectivity index is 0.000000640. The molecule has 9 heavy (non-hydrogen) atoms. The molecular weight excluding hydrogens is 140 g/mol.